The molecule has 0 radical (unpaired) electrons. The molecule has 12 rings (SSSR count). The third-order valence-electron chi connectivity index (χ3n) is 15.0. The van der Waals surface area contributed by atoms with Crippen molar-refractivity contribution in [1.82, 2.24) is 0 Å². The number of rotatable bonds is 17. The fourth-order valence-electron chi connectivity index (χ4n) is 11.6. The minimum Gasteiger partial charge on any atom is -0.338 e. The van der Waals surface area contributed by atoms with E-state index in [1.54, 1.807) is 0 Å². The van der Waals surface area contributed by atoms with Crippen LogP contribution < -0.4 is 19.6 Å². The molecule has 0 aromatic heterocycles. The van der Waals surface area contributed by atoms with E-state index in [4.69, 9.17) is 0 Å². The number of fused-ring (bicyclic) bond motifs is 10. The smallest absolute Gasteiger partial charge is 0.0728 e. The summed E-state index contributed by atoms with van der Waals surface area (Å²) in [5.41, 5.74) is 19.8. The summed E-state index contributed by atoms with van der Waals surface area (Å²) in [5.74, 6) is 0. The summed E-state index contributed by atoms with van der Waals surface area (Å²) in [5, 5.41) is 0. The molecule has 2 aliphatic rings. The lowest BCUT2D eigenvalue weighted by molar-refractivity contribution is 0.793. The van der Waals surface area contributed by atoms with Gasteiger partial charge in [-0.15, -0.1) is 0 Å². The Morgan fingerprint density at radius 1 is 0.333 bits per heavy atom. The molecule has 0 saturated carbocycles. The van der Waals surface area contributed by atoms with Gasteiger partial charge in [0.2, 0.25) is 0 Å². The van der Waals surface area contributed by atoms with Crippen LogP contribution in [0.25, 0.3) is 22.3 Å². The SMILES string of the molecule is C=C/C=C\C=C\N(c1ccccc1)c1ccc2c(c1)C1(c3cc(N(C/C=C\C=C/CC)c4ccccc4)ccc3-c3ccc(N(c4ccccc4)c4ccccc4)cc31)c1cc(N(c3ccccc3)c3ccccc3)ccc1-2. The van der Waals surface area contributed by atoms with Crippen LogP contribution in [0.4, 0.5) is 56.9 Å². The van der Waals surface area contributed by atoms with E-state index in [0.717, 1.165) is 63.3 Å². The molecule has 0 N–H and O–H groups in total. The molecule has 0 bridgehead atoms. The highest BCUT2D eigenvalue weighted by Gasteiger charge is 2.53. The standard InChI is InChI=1S/C74H60N4/c1-3-5-7-9-29-51-76(57-32-18-11-19-33-57)63-43-47-67-69-49-45-65(78(60-38-24-14-25-39-60)61-40-26-15-27-41-61)55-73(69)74(71(67)53-63)70-52-62(75(50-28-8-6-4-2)56-30-16-10-17-31-56)42-46-66(70)68-48-44-64(54-72(68)74)77(58-34-20-12-21-35-58)59-36-22-13-23-37-59/h4-50,52-55H,2-3,51H2,1H3/b7-5-,8-6-,29-9-,50-28+. The molecule has 4 nitrogen and oxygen atoms in total. The van der Waals surface area contributed by atoms with Crippen molar-refractivity contribution in [2.24, 2.45) is 0 Å². The molecule has 0 amide bonds. The topological polar surface area (TPSA) is 13.0 Å². The van der Waals surface area contributed by atoms with Crippen LogP contribution in [0.1, 0.15) is 35.6 Å². The Morgan fingerprint density at radius 3 is 1.12 bits per heavy atom. The molecule has 10 aromatic rings. The minimum atomic E-state index is -0.803. The molecular formula is C74H60N4. The lowest BCUT2D eigenvalue weighted by Crippen LogP contribution is -2.27. The number of nitrogens with zero attached hydrogens (tertiary/aromatic N) is 4. The van der Waals surface area contributed by atoms with Crippen molar-refractivity contribution in [2.75, 3.05) is 26.1 Å². The van der Waals surface area contributed by atoms with Gasteiger partial charge in [0.25, 0.3) is 0 Å². The van der Waals surface area contributed by atoms with Gasteiger partial charge in [-0.05, 0) is 178 Å². The highest BCUT2D eigenvalue weighted by molar-refractivity contribution is 5.99. The van der Waals surface area contributed by atoms with Crippen LogP contribution >= 0.6 is 0 Å². The zero-order valence-electron chi connectivity index (χ0n) is 43.9. The van der Waals surface area contributed by atoms with Crippen molar-refractivity contribution in [3.63, 3.8) is 0 Å². The van der Waals surface area contributed by atoms with Crippen LogP contribution in [0, 0.1) is 0 Å². The summed E-state index contributed by atoms with van der Waals surface area (Å²) in [6.07, 6.45) is 19.8. The molecule has 1 spiro atoms. The molecule has 1 unspecified atom stereocenters. The monoisotopic (exact) mass is 1000 g/mol. The van der Waals surface area contributed by atoms with E-state index in [1.807, 2.05) is 18.2 Å². The molecular weight excluding hydrogens is 945 g/mol. The number of benzene rings is 10. The molecule has 0 saturated heterocycles. The van der Waals surface area contributed by atoms with E-state index >= 15 is 0 Å². The van der Waals surface area contributed by atoms with Gasteiger partial charge in [0.15, 0.2) is 0 Å². The van der Waals surface area contributed by atoms with Crippen LogP contribution in [0.15, 0.2) is 316 Å². The Balaban J connectivity index is 1.18. The first-order valence-electron chi connectivity index (χ1n) is 27.0. The largest absolute Gasteiger partial charge is 0.338 e. The molecule has 0 aliphatic heterocycles. The lowest BCUT2D eigenvalue weighted by Gasteiger charge is -2.34. The molecule has 4 heteroatoms. The van der Waals surface area contributed by atoms with Crippen LogP contribution in [-0.4, -0.2) is 6.54 Å². The normalized spacial score (nSPS) is 14.0. The quantitative estimate of drug-likeness (QED) is 0.0843. The minimum absolute atomic E-state index is 0.688. The number of hydrogen-bond acceptors (Lipinski definition) is 4. The van der Waals surface area contributed by atoms with Crippen molar-refractivity contribution < 1.29 is 0 Å². The summed E-state index contributed by atoms with van der Waals surface area (Å²) < 4.78 is 0. The van der Waals surface area contributed by atoms with Crippen molar-refractivity contribution >= 4 is 56.9 Å². The van der Waals surface area contributed by atoms with E-state index < -0.39 is 5.41 Å². The molecule has 10 aromatic carbocycles. The molecule has 2 aliphatic carbocycles. The van der Waals surface area contributed by atoms with Crippen molar-refractivity contribution in [3.8, 4) is 22.3 Å². The number of para-hydroxylation sites is 6. The summed E-state index contributed by atoms with van der Waals surface area (Å²) in [7, 11) is 0. The summed E-state index contributed by atoms with van der Waals surface area (Å²) >= 11 is 0. The fraction of sp³-hybridized carbons (Fsp3) is 0.0541. The van der Waals surface area contributed by atoms with E-state index in [0.29, 0.717) is 6.54 Å². The predicted molar refractivity (Wildman–Crippen MR) is 331 cm³/mol. The first-order valence-corrected chi connectivity index (χ1v) is 27.0. The third-order valence-corrected chi connectivity index (χ3v) is 15.0. The second kappa shape index (κ2) is 22.1. The van der Waals surface area contributed by atoms with Crippen LogP contribution in [0.5, 0.6) is 0 Å². The molecule has 0 fully saturated rings. The highest BCUT2D eigenvalue weighted by Crippen LogP contribution is 2.65. The van der Waals surface area contributed by atoms with Gasteiger partial charge in [-0.1, -0.05) is 189 Å². The lowest BCUT2D eigenvalue weighted by atomic mass is 9.70. The first kappa shape index (κ1) is 49.0. The summed E-state index contributed by atoms with van der Waals surface area (Å²) in [4.78, 5) is 9.54. The first-order chi connectivity index (χ1) is 38.6. The van der Waals surface area contributed by atoms with Gasteiger partial charge in [0, 0.05) is 69.6 Å². The Morgan fingerprint density at radius 2 is 0.692 bits per heavy atom. The fourth-order valence-corrected chi connectivity index (χ4v) is 11.6. The van der Waals surface area contributed by atoms with Crippen molar-refractivity contribution in [2.45, 2.75) is 18.8 Å². The summed E-state index contributed by atoms with van der Waals surface area (Å²) in [6, 6.07) is 93.2. The Hall–Kier alpha value is -9.90. The average Bonchev–Trinajstić information content (AvgIpc) is 4.10. The van der Waals surface area contributed by atoms with Crippen LogP contribution in [0.2, 0.25) is 0 Å². The molecule has 376 valence electrons. The van der Waals surface area contributed by atoms with Crippen molar-refractivity contribution in [3.05, 3.63) is 338 Å². The predicted octanol–water partition coefficient (Wildman–Crippen LogP) is 20.0. The Bertz CT molecular complexity index is 3650. The van der Waals surface area contributed by atoms with Crippen LogP contribution in [0.3, 0.4) is 0 Å². The number of hydrogen-bond donors (Lipinski definition) is 0. The maximum absolute atomic E-state index is 3.94. The number of allylic oxidation sites excluding steroid dienone is 7. The zero-order chi connectivity index (χ0) is 52.7. The molecule has 1 atom stereocenters. The Labute approximate surface area is 460 Å². The van der Waals surface area contributed by atoms with Crippen molar-refractivity contribution in [1.29, 1.82) is 0 Å². The van der Waals surface area contributed by atoms with Gasteiger partial charge in [0.1, 0.15) is 0 Å². The highest BCUT2D eigenvalue weighted by atomic mass is 15.2. The zero-order valence-corrected chi connectivity index (χ0v) is 43.9. The maximum atomic E-state index is 3.94. The van der Waals surface area contributed by atoms with E-state index in [1.165, 1.54) is 44.5 Å². The molecule has 0 heterocycles. The summed E-state index contributed by atoms with van der Waals surface area (Å²) in [6.45, 7) is 6.80. The second-order valence-electron chi connectivity index (χ2n) is 19.6. The van der Waals surface area contributed by atoms with Gasteiger partial charge in [-0.2, -0.15) is 0 Å². The average molecular weight is 1010 g/mol. The van der Waals surface area contributed by atoms with E-state index in [-0.39, 0.29) is 0 Å². The maximum Gasteiger partial charge on any atom is 0.0728 e. The van der Waals surface area contributed by atoms with Gasteiger partial charge < -0.3 is 19.6 Å². The van der Waals surface area contributed by atoms with Gasteiger partial charge in [-0.25, -0.2) is 0 Å². The third kappa shape index (κ3) is 9.14. The van der Waals surface area contributed by atoms with Gasteiger partial charge in [-0.3, -0.25) is 0 Å². The van der Waals surface area contributed by atoms with E-state index in [9.17, 15) is 0 Å². The van der Waals surface area contributed by atoms with Gasteiger partial charge >= 0.3 is 0 Å². The van der Waals surface area contributed by atoms with Crippen LogP contribution in [-0.2, 0) is 5.41 Å². The second-order valence-corrected chi connectivity index (χ2v) is 19.6. The Kier molecular flexibility index (Phi) is 13.9. The molecule has 78 heavy (non-hydrogen) atoms. The number of anilines is 10. The van der Waals surface area contributed by atoms with Gasteiger partial charge in [0.05, 0.1) is 5.41 Å². The van der Waals surface area contributed by atoms with E-state index in [2.05, 4.69) is 324 Å².